The number of aromatic nitrogens is 1. The summed E-state index contributed by atoms with van der Waals surface area (Å²) in [7, 11) is -4.49. The first kappa shape index (κ1) is 67.8. The second-order valence-electron chi connectivity index (χ2n) is 23.7. The van der Waals surface area contributed by atoms with Crippen LogP contribution in [0.25, 0.3) is 20.5 Å². The van der Waals surface area contributed by atoms with Crippen LogP contribution in [0.3, 0.4) is 0 Å². The number of hydrogen-bond acceptors (Lipinski definition) is 14. The maximum Gasteiger partial charge on any atom is 0.399 e. The average Bonchev–Trinajstić information content (AvgIpc) is 2.10. The maximum absolute atomic E-state index is 14.7. The number of nitrogens with two attached hydrogens (primary N) is 1. The Hall–Kier alpha value is -7.13. The molecule has 10 N–H and O–H groups in total. The van der Waals surface area contributed by atoms with E-state index in [0.717, 1.165) is 45.2 Å². The number of aliphatic hydroxyl groups is 1. The molecule has 1 unspecified atom stereocenters. The van der Waals surface area contributed by atoms with Crippen molar-refractivity contribution in [3.05, 3.63) is 105 Å². The number of fused-ring (bicyclic) bond motifs is 2. The van der Waals surface area contributed by atoms with Crippen LogP contribution in [0.15, 0.2) is 72.2 Å². The molecule has 8 rings (SSSR count). The fourth-order valence-electron chi connectivity index (χ4n) is 11.4. The quantitative estimate of drug-likeness (QED) is 0.0347. The summed E-state index contributed by atoms with van der Waals surface area (Å²) in [5.41, 5.74) is 4.46. The van der Waals surface area contributed by atoms with Gasteiger partial charge in [-0.2, -0.15) is 8.78 Å². The number of benzene rings is 3. The highest BCUT2D eigenvalue weighted by atomic mass is 35.5. The van der Waals surface area contributed by atoms with E-state index >= 15 is 0 Å². The number of urea groups is 1. The first-order valence-corrected chi connectivity index (χ1v) is 32.8. The largest absolute Gasteiger partial charge is 0.490 e. The first-order valence-electron chi connectivity index (χ1n) is 29.1. The average molecular weight is 1310 g/mol. The minimum absolute atomic E-state index is 0.0148. The predicted octanol–water partition coefficient (Wildman–Crippen LogP) is 6.24. The molecule has 0 bridgehead atoms. The van der Waals surface area contributed by atoms with Gasteiger partial charge in [0.1, 0.15) is 36.5 Å². The second-order valence-corrected chi connectivity index (χ2v) is 27.7. The highest BCUT2D eigenvalue weighted by molar-refractivity contribution is 7.52. The Morgan fingerprint density at radius 1 is 0.933 bits per heavy atom. The number of ether oxygens (including phenoxy) is 1. The minimum Gasteiger partial charge on any atom is -0.490 e. The molecule has 0 saturated carbocycles. The summed E-state index contributed by atoms with van der Waals surface area (Å²) in [4.78, 5) is 138. The van der Waals surface area contributed by atoms with Crippen molar-refractivity contribution in [3.63, 3.8) is 0 Å². The summed E-state index contributed by atoms with van der Waals surface area (Å²) < 4.78 is 47.3. The zero-order valence-corrected chi connectivity index (χ0v) is 53.2. The second kappa shape index (κ2) is 28.4. The Kier molecular flexibility index (Phi) is 21.6. The van der Waals surface area contributed by atoms with Crippen LogP contribution in [0.5, 0.6) is 5.75 Å². The van der Waals surface area contributed by atoms with E-state index in [2.05, 4.69) is 31.6 Å². The van der Waals surface area contributed by atoms with Gasteiger partial charge in [-0.15, -0.1) is 22.7 Å². The number of aryl methyl sites for hydroxylation is 2. The SMILES string of the molecule is CNC(=O)N1CCC2CC[C@@H](C(=O)N[C@@H](CCC(N)=O)COc3cccc(CCCC(=O)N[C@H](C(=O)N4C[C@H](O)C[C@H]4C(=O)N[C@@H](C)c4ccc(-c5scnc5C)cc4)C(C)(C)C)c3Cl)N2C(=O)[C@@H](NC(=O)c2cc3cc(C(F)(F)P(=O)(O)O)ccc3s2)C1. The molecular formula is C60H74ClF2N10O13PS2. The van der Waals surface area contributed by atoms with Gasteiger partial charge in [0.25, 0.3) is 5.91 Å². The standard InChI is InChI=1S/C60H74ClF2N10O13PS2/c1-32(34-13-15-36(16-14-34)51-33(2)66-31-88-51)67-54(78)44-27-41(74)28-72(44)57(81)52(59(3,4)5)70-49(76)12-8-10-35-9-7-11-45(50(35)61)86-30-39(18-22-48(64)75)68-53(77)43-20-19-40-23-24-71(58(82)65-6)29-42(56(80)73(40)43)69-55(79)47-26-37-25-38(17-21-46(37)89-47)60(62,63)87(83,84)85/h7,9,11,13-17,21,25-26,31-32,39-44,52,74H,8,10,12,18-20,22-24,27-30H2,1-6H3,(H2,64,75)(H,65,82)(H,67,78)(H,68,77)(H,69,79)(H,70,76)(H2,83,84,85)/t32-,39-,40?,41+,42-,43-,44-,52+/m0/s1. The molecule has 3 aliphatic heterocycles. The lowest BCUT2D eigenvalue weighted by atomic mass is 9.85. The fourth-order valence-corrected chi connectivity index (χ4v) is 13.9. The third-order valence-electron chi connectivity index (χ3n) is 16.2. The Bertz CT molecular complexity index is 3530. The Balaban J connectivity index is 0.878. The van der Waals surface area contributed by atoms with Gasteiger partial charge in [0.05, 0.1) is 50.7 Å². The number of alkyl halides is 2. The number of rotatable bonds is 22. The van der Waals surface area contributed by atoms with Crippen molar-refractivity contribution >= 4 is 99.3 Å². The number of aliphatic hydroxyl groups excluding tert-OH is 1. The highest BCUT2D eigenvalue weighted by Gasteiger charge is 2.51. The zero-order valence-electron chi connectivity index (χ0n) is 49.9. The molecule has 29 heteroatoms. The summed E-state index contributed by atoms with van der Waals surface area (Å²) in [6.07, 6.45) is 0.335. The maximum atomic E-state index is 14.7. The van der Waals surface area contributed by atoms with Crippen LogP contribution in [-0.2, 0) is 45.4 Å². The lowest BCUT2D eigenvalue weighted by molar-refractivity contribution is -0.144. The number of carbonyl (C=O) groups excluding carboxylic acids is 8. The van der Waals surface area contributed by atoms with E-state index < -0.39 is 120 Å². The van der Waals surface area contributed by atoms with E-state index in [-0.39, 0.29) is 85.8 Å². The highest BCUT2D eigenvalue weighted by Crippen LogP contribution is 2.59. The van der Waals surface area contributed by atoms with Crippen molar-refractivity contribution in [2.24, 2.45) is 11.1 Å². The summed E-state index contributed by atoms with van der Waals surface area (Å²) in [6.45, 7) is 8.70. The number of carbonyl (C=O) groups is 8. The van der Waals surface area contributed by atoms with Crippen molar-refractivity contribution in [2.45, 2.75) is 146 Å². The molecule has 0 radical (unpaired) electrons. The minimum atomic E-state index is -5.90. The van der Waals surface area contributed by atoms with Gasteiger partial charge in [-0.1, -0.05) is 74.8 Å². The number of amides is 9. The van der Waals surface area contributed by atoms with Crippen LogP contribution >= 0.6 is 41.9 Å². The smallest absolute Gasteiger partial charge is 0.399 e. The van der Waals surface area contributed by atoms with E-state index in [1.54, 1.807) is 44.5 Å². The molecular weight excluding hydrogens is 1240 g/mol. The summed E-state index contributed by atoms with van der Waals surface area (Å²) in [6, 6.07) is 10.1. The number of halogens is 3. The molecule has 3 aromatic carbocycles. The zero-order chi connectivity index (χ0) is 64.9. The summed E-state index contributed by atoms with van der Waals surface area (Å²) in [5, 5.41) is 25.1. The number of hydrogen-bond donors (Lipinski definition) is 9. The van der Waals surface area contributed by atoms with E-state index in [1.807, 2.05) is 38.1 Å². The number of nitrogens with zero attached hydrogens (tertiary/aromatic N) is 4. The van der Waals surface area contributed by atoms with Gasteiger partial charge in [0.15, 0.2) is 0 Å². The number of thiazole rings is 1. The monoisotopic (exact) mass is 1310 g/mol. The van der Waals surface area contributed by atoms with Crippen molar-refractivity contribution in [1.82, 2.24) is 46.3 Å². The third kappa shape index (κ3) is 16.1. The number of primary amides is 1. The molecule has 0 aliphatic carbocycles. The number of β-amino-alcohol motifs (C(OH)–C–C–N with tert-alkyl or cyclic N) is 1. The summed E-state index contributed by atoms with van der Waals surface area (Å²) in [5.74, 6) is -3.89. The summed E-state index contributed by atoms with van der Waals surface area (Å²) >= 11 is 9.32. The molecule has 5 aromatic rings. The van der Waals surface area contributed by atoms with E-state index in [1.165, 1.54) is 45.2 Å². The molecule has 3 aliphatic rings. The fraction of sp³-hybridized carbons (Fsp3) is 0.483. The molecule has 2 aromatic heterocycles. The molecule has 8 atom stereocenters. The Labute approximate surface area is 526 Å². The van der Waals surface area contributed by atoms with Gasteiger partial charge in [-0.05, 0) is 104 Å². The van der Waals surface area contributed by atoms with Gasteiger partial charge in [-0.3, -0.25) is 38.1 Å². The van der Waals surface area contributed by atoms with Crippen molar-refractivity contribution in [1.29, 1.82) is 0 Å². The topological polar surface area (TPSA) is 332 Å². The first-order chi connectivity index (χ1) is 41.9. The van der Waals surface area contributed by atoms with Crippen molar-refractivity contribution in [3.8, 4) is 16.2 Å². The molecule has 9 amide bonds. The lowest BCUT2D eigenvalue weighted by Crippen LogP contribution is -2.62. The van der Waals surface area contributed by atoms with Crippen LogP contribution in [0, 0.1) is 12.3 Å². The molecule has 0 spiro atoms. The predicted molar refractivity (Wildman–Crippen MR) is 330 cm³/mol. The van der Waals surface area contributed by atoms with Crippen molar-refractivity contribution < 1.29 is 71.3 Å². The number of nitrogens with one attached hydrogen (secondary N) is 5. The van der Waals surface area contributed by atoms with Gasteiger partial charge in [0.2, 0.25) is 35.4 Å². The van der Waals surface area contributed by atoms with E-state index in [4.69, 9.17) is 22.1 Å². The van der Waals surface area contributed by atoms with Gasteiger partial charge in [0, 0.05) is 55.7 Å². The molecule has 89 heavy (non-hydrogen) atoms. The molecule has 5 heterocycles. The van der Waals surface area contributed by atoms with Crippen LogP contribution in [0.1, 0.15) is 117 Å². The van der Waals surface area contributed by atoms with Crippen molar-refractivity contribution in [2.75, 3.05) is 33.3 Å². The van der Waals surface area contributed by atoms with Gasteiger partial charge in [-0.25, -0.2) is 9.78 Å². The van der Waals surface area contributed by atoms with Crippen LogP contribution in [0.4, 0.5) is 13.6 Å². The van der Waals surface area contributed by atoms with Crippen LogP contribution < -0.4 is 37.1 Å². The van der Waals surface area contributed by atoms with Crippen LogP contribution in [0.2, 0.25) is 5.02 Å². The van der Waals surface area contributed by atoms with Gasteiger partial charge < -0.3 is 66.6 Å². The third-order valence-corrected chi connectivity index (χ3v) is 19.7. The molecule has 3 fully saturated rings. The van der Waals surface area contributed by atoms with Crippen LogP contribution in [-0.4, -0.2) is 158 Å². The number of thiophene rings is 1. The molecule has 480 valence electrons. The molecule has 3 saturated heterocycles. The van der Waals surface area contributed by atoms with Gasteiger partial charge >= 0.3 is 19.3 Å². The van der Waals surface area contributed by atoms with E-state index in [9.17, 15) is 66.6 Å². The Morgan fingerprint density at radius 3 is 2.31 bits per heavy atom. The molecule has 23 nitrogen and oxygen atoms in total. The normalized spacial score (nSPS) is 20.0. The lowest BCUT2D eigenvalue weighted by Gasteiger charge is -2.38. The number of likely N-dealkylation sites (tertiary alicyclic amines) is 1. The van der Waals surface area contributed by atoms with E-state index in [0.29, 0.717) is 29.5 Å². The Morgan fingerprint density at radius 2 is 1.65 bits per heavy atom.